The van der Waals surface area contributed by atoms with Crippen LogP contribution in [0.1, 0.15) is 31.4 Å². The normalized spacial score (nSPS) is 20.9. The molecule has 1 aliphatic heterocycles. The van der Waals surface area contributed by atoms with Crippen LogP contribution in [0.4, 0.5) is 0 Å². The summed E-state index contributed by atoms with van der Waals surface area (Å²) < 4.78 is 0. The summed E-state index contributed by atoms with van der Waals surface area (Å²) in [7, 11) is 1.87. The van der Waals surface area contributed by atoms with Gasteiger partial charge in [0.1, 0.15) is 0 Å². The summed E-state index contributed by atoms with van der Waals surface area (Å²) in [5.41, 5.74) is 1.00. The van der Waals surface area contributed by atoms with Gasteiger partial charge >= 0.3 is 0 Å². The monoisotopic (exact) mass is 280 g/mol. The Morgan fingerprint density at radius 1 is 1.47 bits per heavy atom. The van der Waals surface area contributed by atoms with Crippen LogP contribution in [0, 0.1) is 5.92 Å². The molecule has 0 spiro atoms. The van der Waals surface area contributed by atoms with Gasteiger partial charge in [-0.25, -0.2) is 0 Å². The smallest absolute Gasteiger partial charge is 0.227 e. The average molecular weight is 281 g/mol. The van der Waals surface area contributed by atoms with Gasteiger partial charge in [0.25, 0.3) is 0 Å². The molecular weight excluding hydrogens is 260 g/mol. The first-order valence-electron chi connectivity index (χ1n) is 6.83. The van der Waals surface area contributed by atoms with Crippen LogP contribution < -0.4 is 5.32 Å². The third-order valence-electron chi connectivity index (χ3n) is 3.93. The molecule has 1 saturated heterocycles. The maximum absolute atomic E-state index is 12.5. The quantitative estimate of drug-likeness (QED) is 0.923. The van der Waals surface area contributed by atoms with E-state index in [4.69, 9.17) is 11.6 Å². The zero-order chi connectivity index (χ0) is 13.8. The zero-order valence-electron chi connectivity index (χ0n) is 11.5. The Balaban J connectivity index is 2.08. The zero-order valence-corrected chi connectivity index (χ0v) is 12.3. The number of carbonyl (C=O) groups excluding carboxylic acids is 1. The Morgan fingerprint density at radius 2 is 2.21 bits per heavy atom. The van der Waals surface area contributed by atoms with Crippen molar-refractivity contribution in [1.82, 2.24) is 10.2 Å². The average Bonchev–Trinajstić information content (AvgIpc) is 2.46. The molecule has 0 aromatic heterocycles. The number of nitrogens with one attached hydrogen (secondary N) is 1. The molecule has 19 heavy (non-hydrogen) atoms. The molecule has 0 saturated carbocycles. The SMILES string of the molecule is CC(c1ccccc1Cl)N(C)C(=O)C1CCCNC1. The van der Waals surface area contributed by atoms with E-state index in [0.717, 1.165) is 36.5 Å². The molecule has 1 fully saturated rings. The molecule has 1 aromatic carbocycles. The van der Waals surface area contributed by atoms with Gasteiger partial charge in [0, 0.05) is 18.6 Å². The minimum atomic E-state index is 0.00289. The summed E-state index contributed by atoms with van der Waals surface area (Å²) in [6.45, 7) is 3.83. The van der Waals surface area contributed by atoms with Gasteiger partial charge in [0.2, 0.25) is 5.91 Å². The number of piperidine rings is 1. The molecule has 1 N–H and O–H groups in total. The fourth-order valence-corrected chi connectivity index (χ4v) is 2.86. The topological polar surface area (TPSA) is 32.3 Å². The predicted molar refractivity (Wildman–Crippen MR) is 78.2 cm³/mol. The highest BCUT2D eigenvalue weighted by molar-refractivity contribution is 6.31. The molecule has 0 radical (unpaired) electrons. The van der Waals surface area contributed by atoms with Gasteiger partial charge in [-0.15, -0.1) is 0 Å². The molecule has 1 heterocycles. The minimum absolute atomic E-state index is 0.00289. The molecule has 0 bridgehead atoms. The van der Waals surface area contributed by atoms with Crippen LogP contribution in [0.5, 0.6) is 0 Å². The fraction of sp³-hybridized carbons (Fsp3) is 0.533. The highest BCUT2D eigenvalue weighted by Gasteiger charge is 2.27. The van der Waals surface area contributed by atoms with Crippen molar-refractivity contribution in [3.8, 4) is 0 Å². The number of carbonyl (C=O) groups is 1. The first-order chi connectivity index (χ1) is 9.11. The lowest BCUT2D eigenvalue weighted by atomic mass is 9.97. The number of hydrogen-bond acceptors (Lipinski definition) is 2. The summed E-state index contributed by atoms with van der Waals surface area (Å²) in [5.74, 6) is 0.309. The first-order valence-corrected chi connectivity index (χ1v) is 7.21. The standard InChI is InChI=1S/C15H21ClN2O/c1-11(13-7-3-4-8-14(13)16)18(2)15(19)12-6-5-9-17-10-12/h3-4,7-8,11-12,17H,5-6,9-10H2,1-2H3. The molecule has 2 rings (SSSR count). The second-order valence-corrected chi connectivity index (χ2v) is 5.60. The highest BCUT2D eigenvalue weighted by Crippen LogP contribution is 2.27. The number of rotatable bonds is 3. The van der Waals surface area contributed by atoms with Crippen molar-refractivity contribution < 1.29 is 4.79 Å². The molecule has 3 nitrogen and oxygen atoms in total. The van der Waals surface area contributed by atoms with Crippen LogP contribution in [0.3, 0.4) is 0 Å². The van der Waals surface area contributed by atoms with E-state index in [2.05, 4.69) is 5.32 Å². The summed E-state index contributed by atoms with van der Waals surface area (Å²) in [5, 5.41) is 4.01. The minimum Gasteiger partial charge on any atom is -0.339 e. The van der Waals surface area contributed by atoms with Gasteiger partial charge in [0.15, 0.2) is 0 Å². The second-order valence-electron chi connectivity index (χ2n) is 5.19. The van der Waals surface area contributed by atoms with E-state index >= 15 is 0 Å². The van der Waals surface area contributed by atoms with E-state index in [1.165, 1.54) is 0 Å². The van der Waals surface area contributed by atoms with Crippen molar-refractivity contribution >= 4 is 17.5 Å². The van der Waals surface area contributed by atoms with E-state index in [0.29, 0.717) is 0 Å². The Hall–Kier alpha value is -1.06. The number of benzene rings is 1. The summed E-state index contributed by atoms with van der Waals surface area (Å²) in [6, 6.07) is 7.72. The van der Waals surface area contributed by atoms with Crippen LogP contribution in [0.15, 0.2) is 24.3 Å². The van der Waals surface area contributed by atoms with E-state index in [1.54, 1.807) is 0 Å². The summed E-state index contributed by atoms with van der Waals surface area (Å²) >= 11 is 6.20. The Kier molecular flexibility index (Phi) is 4.83. The maximum atomic E-state index is 12.5. The van der Waals surface area contributed by atoms with Crippen LogP contribution >= 0.6 is 11.6 Å². The molecule has 104 valence electrons. The third-order valence-corrected chi connectivity index (χ3v) is 4.27. The lowest BCUT2D eigenvalue weighted by Crippen LogP contribution is -2.42. The first kappa shape index (κ1) is 14.4. The van der Waals surface area contributed by atoms with E-state index < -0.39 is 0 Å². The lowest BCUT2D eigenvalue weighted by Gasteiger charge is -2.31. The molecule has 1 aromatic rings. The van der Waals surface area contributed by atoms with Gasteiger partial charge in [0.05, 0.1) is 12.0 Å². The second kappa shape index (κ2) is 6.40. The van der Waals surface area contributed by atoms with Crippen LogP contribution in [0.25, 0.3) is 0 Å². The van der Waals surface area contributed by atoms with Crippen molar-refractivity contribution in [3.05, 3.63) is 34.9 Å². The Bertz CT molecular complexity index is 444. The molecule has 2 atom stereocenters. The van der Waals surface area contributed by atoms with Crippen molar-refractivity contribution in [1.29, 1.82) is 0 Å². The van der Waals surface area contributed by atoms with Crippen molar-refractivity contribution in [2.75, 3.05) is 20.1 Å². The van der Waals surface area contributed by atoms with Gasteiger partial charge in [-0.1, -0.05) is 29.8 Å². The highest BCUT2D eigenvalue weighted by atomic mass is 35.5. The van der Waals surface area contributed by atoms with E-state index in [1.807, 2.05) is 43.1 Å². The molecular formula is C15H21ClN2O. The van der Waals surface area contributed by atoms with Gasteiger partial charge in [-0.3, -0.25) is 4.79 Å². The lowest BCUT2D eigenvalue weighted by molar-refractivity contribution is -0.136. The Morgan fingerprint density at radius 3 is 2.84 bits per heavy atom. The van der Waals surface area contributed by atoms with Crippen molar-refractivity contribution in [2.24, 2.45) is 5.92 Å². The van der Waals surface area contributed by atoms with Crippen molar-refractivity contribution in [3.63, 3.8) is 0 Å². The summed E-state index contributed by atoms with van der Waals surface area (Å²) in [4.78, 5) is 14.3. The molecule has 2 unspecified atom stereocenters. The number of halogens is 1. The number of amides is 1. The van der Waals surface area contributed by atoms with E-state index in [9.17, 15) is 4.79 Å². The van der Waals surface area contributed by atoms with Gasteiger partial charge in [-0.2, -0.15) is 0 Å². The van der Waals surface area contributed by atoms with Crippen LogP contribution in [-0.2, 0) is 4.79 Å². The van der Waals surface area contributed by atoms with Gasteiger partial charge < -0.3 is 10.2 Å². The summed E-state index contributed by atoms with van der Waals surface area (Å²) in [6.07, 6.45) is 2.05. The molecule has 1 aliphatic rings. The molecule has 0 aliphatic carbocycles. The van der Waals surface area contributed by atoms with Crippen LogP contribution in [-0.4, -0.2) is 30.9 Å². The number of nitrogens with zero attached hydrogens (tertiary/aromatic N) is 1. The predicted octanol–water partition coefficient (Wildman–Crippen LogP) is 2.86. The largest absolute Gasteiger partial charge is 0.339 e. The van der Waals surface area contributed by atoms with Crippen molar-refractivity contribution in [2.45, 2.75) is 25.8 Å². The third kappa shape index (κ3) is 3.28. The van der Waals surface area contributed by atoms with Gasteiger partial charge in [-0.05, 0) is 37.9 Å². The molecule has 1 amide bonds. The Labute approximate surface area is 119 Å². The maximum Gasteiger partial charge on any atom is 0.227 e. The molecule has 4 heteroatoms. The fourth-order valence-electron chi connectivity index (χ4n) is 2.56. The van der Waals surface area contributed by atoms with Crippen LogP contribution in [0.2, 0.25) is 5.02 Å². The number of hydrogen-bond donors (Lipinski definition) is 1. The van der Waals surface area contributed by atoms with E-state index in [-0.39, 0.29) is 17.9 Å².